The van der Waals surface area contributed by atoms with Gasteiger partial charge in [-0.2, -0.15) is 5.26 Å². The summed E-state index contributed by atoms with van der Waals surface area (Å²) < 4.78 is 7.19. The molecule has 1 aliphatic rings. The molecule has 2 aromatic heterocycles. The van der Waals surface area contributed by atoms with E-state index >= 15 is 0 Å². The van der Waals surface area contributed by atoms with Gasteiger partial charge in [0.25, 0.3) is 0 Å². The van der Waals surface area contributed by atoms with E-state index in [4.69, 9.17) is 4.74 Å². The van der Waals surface area contributed by atoms with E-state index in [0.717, 1.165) is 37.0 Å². The summed E-state index contributed by atoms with van der Waals surface area (Å²) in [4.78, 5) is 26.5. The molecule has 9 nitrogen and oxygen atoms in total. The van der Waals surface area contributed by atoms with Crippen LogP contribution in [0.25, 0.3) is 0 Å². The molecule has 1 aromatic carbocycles. The maximum Gasteiger partial charge on any atom is 0.235 e. The first-order valence-electron chi connectivity index (χ1n) is 12.0. The number of carbonyl (C=O) groups excluding carboxylic acids is 2. The highest BCUT2D eigenvalue weighted by Gasteiger charge is 2.22. The smallest absolute Gasteiger partial charge is 0.235 e. The molecule has 0 fully saturated rings. The van der Waals surface area contributed by atoms with Gasteiger partial charge in [0, 0.05) is 17.1 Å². The van der Waals surface area contributed by atoms with Crippen LogP contribution in [0.5, 0.6) is 5.75 Å². The van der Waals surface area contributed by atoms with Crippen LogP contribution in [0.1, 0.15) is 41.6 Å². The van der Waals surface area contributed by atoms with Crippen molar-refractivity contribution < 1.29 is 14.3 Å². The van der Waals surface area contributed by atoms with Gasteiger partial charge in [-0.3, -0.25) is 9.59 Å². The third-order valence-corrected chi connectivity index (χ3v) is 7.92. The Morgan fingerprint density at radius 1 is 1.22 bits per heavy atom. The van der Waals surface area contributed by atoms with Crippen molar-refractivity contribution in [2.45, 2.75) is 50.7 Å². The number of carbonyl (C=O) groups is 2. The first-order chi connectivity index (χ1) is 18.0. The Labute approximate surface area is 223 Å². The van der Waals surface area contributed by atoms with E-state index in [1.807, 2.05) is 6.92 Å². The molecule has 0 unspecified atom stereocenters. The van der Waals surface area contributed by atoms with E-state index in [9.17, 15) is 14.9 Å². The van der Waals surface area contributed by atoms with Gasteiger partial charge in [0.15, 0.2) is 5.16 Å². The van der Waals surface area contributed by atoms with Crippen LogP contribution in [-0.4, -0.2) is 38.9 Å². The van der Waals surface area contributed by atoms with Gasteiger partial charge in [-0.15, -0.1) is 28.1 Å². The average molecular weight is 537 g/mol. The van der Waals surface area contributed by atoms with E-state index < -0.39 is 0 Å². The molecule has 0 bridgehead atoms. The van der Waals surface area contributed by atoms with Crippen LogP contribution < -0.4 is 15.4 Å². The van der Waals surface area contributed by atoms with E-state index in [-0.39, 0.29) is 24.0 Å². The zero-order chi connectivity index (χ0) is 26.2. The second-order valence-corrected chi connectivity index (χ2v) is 10.4. The standard InChI is InChI=1S/C26H28N6O3S2/c1-3-13-32-22(14-23(33)28-17-9-11-18(12-10-17)35-4-2)30-31-26(32)36-16-24(34)29-25-20(15-27)19-7-5-6-8-21(19)37-25/h3,9-12H,1,4-8,13-14,16H2,2H3,(H,28,33)(H,29,34). The lowest BCUT2D eigenvalue weighted by Crippen LogP contribution is -2.18. The predicted molar refractivity (Wildman–Crippen MR) is 145 cm³/mol. The van der Waals surface area contributed by atoms with E-state index in [1.54, 1.807) is 34.9 Å². The highest BCUT2D eigenvalue weighted by Crippen LogP contribution is 2.37. The molecule has 3 aromatic rings. The van der Waals surface area contributed by atoms with Crippen LogP contribution in [0.4, 0.5) is 10.7 Å². The minimum Gasteiger partial charge on any atom is -0.494 e. The van der Waals surface area contributed by atoms with Crippen LogP contribution in [0, 0.1) is 11.3 Å². The van der Waals surface area contributed by atoms with E-state index in [1.165, 1.54) is 28.0 Å². The number of nitrogens with one attached hydrogen (secondary N) is 2. The lowest BCUT2D eigenvalue weighted by atomic mass is 9.96. The highest BCUT2D eigenvalue weighted by atomic mass is 32.2. The Hall–Kier alpha value is -3.62. The van der Waals surface area contributed by atoms with Crippen molar-refractivity contribution in [3.8, 4) is 11.8 Å². The maximum absolute atomic E-state index is 12.7. The van der Waals surface area contributed by atoms with Crippen molar-refractivity contribution in [2.24, 2.45) is 0 Å². The molecule has 1 aliphatic carbocycles. The van der Waals surface area contributed by atoms with Gasteiger partial charge in [0.2, 0.25) is 11.8 Å². The van der Waals surface area contributed by atoms with E-state index in [2.05, 4.69) is 33.5 Å². The third kappa shape index (κ3) is 6.58. The Morgan fingerprint density at radius 3 is 2.73 bits per heavy atom. The summed E-state index contributed by atoms with van der Waals surface area (Å²) in [6.45, 7) is 6.67. The van der Waals surface area contributed by atoms with Gasteiger partial charge in [-0.1, -0.05) is 17.8 Å². The number of fused-ring (bicyclic) bond motifs is 1. The summed E-state index contributed by atoms with van der Waals surface area (Å²) in [5.74, 6) is 0.856. The van der Waals surface area contributed by atoms with Crippen molar-refractivity contribution >= 4 is 45.6 Å². The van der Waals surface area contributed by atoms with Crippen LogP contribution >= 0.6 is 23.1 Å². The number of anilines is 2. The summed E-state index contributed by atoms with van der Waals surface area (Å²) in [5, 5.41) is 24.9. The molecule has 0 spiro atoms. The Bertz CT molecular complexity index is 1320. The molecule has 0 aliphatic heterocycles. The Balaban J connectivity index is 1.37. The Kier molecular flexibility index (Phi) is 8.98. The fraction of sp³-hybridized carbons (Fsp3) is 0.346. The molecule has 0 saturated heterocycles. The summed E-state index contributed by atoms with van der Waals surface area (Å²) in [5.41, 5.74) is 2.33. The average Bonchev–Trinajstić information content (AvgIpc) is 3.44. The number of thiophene rings is 1. The number of thioether (sulfide) groups is 1. The molecule has 0 atom stereocenters. The molecule has 4 rings (SSSR count). The summed E-state index contributed by atoms with van der Waals surface area (Å²) in [6, 6.07) is 9.41. The zero-order valence-corrected chi connectivity index (χ0v) is 22.2. The highest BCUT2D eigenvalue weighted by molar-refractivity contribution is 7.99. The van der Waals surface area contributed by atoms with Gasteiger partial charge in [-0.05, 0) is 62.4 Å². The van der Waals surface area contributed by atoms with Crippen LogP contribution in [-0.2, 0) is 35.4 Å². The number of aromatic nitrogens is 3. The molecule has 0 saturated carbocycles. The first kappa shape index (κ1) is 26.4. The lowest BCUT2D eigenvalue weighted by Gasteiger charge is -2.09. The lowest BCUT2D eigenvalue weighted by molar-refractivity contribution is -0.116. The minimum absolute atomic E-state index is 0.0209. The zero-order valence-electron chi connectivity index (χ0n) is 20.6. The van der Waals surface area contributed by atoms with Gasteiger partial charge in [0.05, 0.1) is 24.3 Å². The molecule has 37 heavy (non-hydrogen) atoms. The fourth-order valence-electron chi connectivity index (χ4n) is 4.08. The third-order valence-electron chi connectivity index (χ3n) is 5.74. The molecule has 2 amide bonds. The number of hydrogen-bond donors (Lipinski definition) is 2. The SMILES string of the molecule is C=CCn1c(CC(=O)Nc2ccc(OCC)cc2)nnc1SCC(=O)Nc1sc2c(c1C#N)CCCC2. The van der Waals surface area contributed by atoms with Crippen molar-refractivity contribution in [1.82, 2.24) is 14.8 Å². The normalized spacial score (nSPS) is 12.3. The van der Waals surface area contributed by atoms with Crippen molar-refractivity contribution in [3.05, 3.63) is 58.7 Å². The van der Waals surface area contributed by atoms with Crippen molar-refractivity contribution in [1.29, 1.82) is 5.26 Å². The second-order valence-electron chi connectivity index (χ2n) is 8.34. The van der Waals surface area contributed by atoms with Crippen LogP contribution in [0.3, 0.4) is 0 Å². The number of hydrogen-bond acceptors (Lipinski definition) is 8. The number of allylic oxidation sites excluding steroid dienone is 1. The number of benzene rings is 1. The molecular weight excluding hydrogens is 508 g/mol. The van der Waals surface area contributed by atoms with E-state index in [0.29, 0.717) is 40.4 Å². The summed E-state index contributed by atoms with van der Waals surface area (Å²) in [7, 11) is 0. The number of rotatable bonds is 11. The van der Waals surface area contributed by atoms with Gasteiger partial charge in [-0.25, -0.2) is 0 Å². The van der Waals surface area contributed by atoms with Crippen LogP contribution in [0.2, 0.25) is 0 Å². The first-order valence-corrected chi connectivity index (χ1v) is 13.9. The van der Waals surface area contributed by atoms with Gasteiger partial charge >= 0.3 is 0 Å². The summed E-state index contributed by atoms with van der Waals surface area (Å²) in [6.07, 6.45) is 5.74. The monoisotopic (exact) mass is 536 g/mol. The van der Waals surface area contributed by atoms with Gasteiger partial charge in [0.1, 0.15) is 22.6 Å². The number of nitriles is 1. The molecular formula is C26H28N6O3S2. The number of aryl methyl sites for hydroxylation is 1. The fourth-order valence-corrected chi connectivity index (χ4v) is 6.11. The second kappa shape index (κ2) is 12.6. The molecule has 2 heterocycles. The van der Waals surface area contributed by atoms with Crippen LogP contribution in [0.15, 0.2) is 42.1 Å². The molecule has 0 radical (unpaired) electrons. The minimum atomic E-state index is -0.234. The number of nitrogens with zero attached hydrogens (tertiary/aromatic N) is 4. The number of amides is 2. The summed E-state index contributed by atoms with van der Waals surface area (Å²) >= 11 is 2.73. The molecule has 2 N–H and O–H groups in total. The molecule has 11 heteroatoms. The van der Waals surface area contributed by atoms with Crippen molar-refractivity contribution in [2.75, 3.05) is 23.0 Å². The largest absolute Gasteiger partial charge is 0.494 e. The topological polar surface area (TPSA) is 122 Å². The molecule has 192 valence electrons. The number of ether oxygens (including phenoxy) is 1. The van der Waals surface area contributed by atoms with Gasteiger partial charge < -0.3 is 19.9 Å². The quantitative estimate of drug-likeness (QED) is 0.272. The van der Waals surface area contributed by atoms with Crippen molar-refractivity contribution in [3.63, 3.8) is 0 Å². The maximum atomic E-state index is 12.7. The predicted octanol–water partition coefficient (Wildman–Crippen LogP) is 4.59. The Morgan fingerprint density at radius 2 is 2.00 bits per heavy atom.